The van der Waals surface area contributed by atoms with Crippen molar-refractivity contribution in [2.75, 3.05) is 4.90 Å². The van der Waals surface area contributed by atoms with Crippen molar-refractivity contribution in [2.45, 2.75) is 44.8 Å². The van der Waals surface area contributed by atoms with Crippen molar-refractivity contribution in [3.63, 3.8) is 0 Å². The molecule has 1 amide bonds. The van der Waals surface area contributed by atoms with Gasteiger partial charge in [-0.05, 0) is 52.0 Å². The van der Waals surface area contributed by atoms with Crippen LogP contribution in [0.15, 0.2) is 59.1 Å². The average molecular weight is 438 g/mol. The van der Waals surface area contributed by atoms with Crippen LogP contribution in [0.5, 0.6) is 0 Å². The Kier molecular flexibility index (Phi) is 5.55. The molecule has 5 nitrogen and oxygen atoms in total. The van der Waals surface area contributed by atoms with Gasteiger partial charge in [-0.15, -0.1) is 0 Å². The number of hydrogen-bond acceptors (Lipinski definition) is 4. The van der Waals surface area contributed by atoms with Crippen LogP contribution in [-0.4, -0.2) is 24.0 Å². The fraction of sp³-hybridized carbons (Fsp3) is 0.350. The molecule has 28 heavy (non-hydrogen) atoms. The number of hydrogen-bond donors (Lipinski definition) is 0. The zero-order valence-corrected chi connectivity index (χ0v) is 18.4. The summed E-state index contributed by atoms with van der Waals surface area (Å²) in [5.74, 6) is -0.519. The molecule has 2 saturated heterocycles. The summed E-state index contributed by atoms with van der Waals surface area (Å²) in [6.45, 7) is 5.48. The molecule has 2 aromatic carbocycles. The average Bonchev–Trinajstić information content (AvgIpc) is 2.96. The van der Waals surface area contributed by atoms with Gasteiger partial charge in [0.15, 0.2) is 0 Å². The number of rotatable bonds is 2. The van der Waals surface area contributed by atoms with Crippen molar-refractivity contribution in [2.24, 2.45) is 0 Å². The minimum absolute atomic E-state index is 0. The standard InChI is InChI=1S/C20H22BBrNO4.Li/c1-19(2)20(3,4)27-21(26-19)17(14-10-12-15(22)13-11-14)23(18(24)25-21)16-8-6-5-7-9-16;/h5-13,17H,1-4H3;/q-1;+1. The van der Waals surface area contributed by atoms with E-state index >= 15 is 0 Å². The van der Waals surface area contributed by atoms with Crippen molar-refractivity contribution in [3.05, 3.63) is 64.6 Å². The number of para-hydroxylation sites is 1. The van der Waals surface area contributed by atoms with E-state index < -0.39 is 30.0 Å². The number of nitrogens with zero attached hydrogens (tertiary/aromatic N) is 1. The largest absolute Gasteiger partial charge is 1.00 e. The molecular weight excluding hydrogens is 416 g/mol. The Balaban J connectivity index is 0.00000225. The van der Waals surface area contributed by atoms with Crippen molar-refractivity contribution in [1.82, 2.24) is 0 Å². The second-order valence-corrected chi connectivity index (χ2v) is 8.95. The Bertz CT molecular complexity index is 860. The van der Waals surface area contributed by atoms with Crippen LogP contribution in [0.25, 0.3) is 0 Å². The van der Waals surface area contributed by atoms with E-state index in [1.54, 1.807) is 4.90 Å². The Morgan fingerprint density at radius 2 is 1.46 bits per heavy atom. The minimum atomic E-state index is -2.36. The van der Waals surface area contributed by atoms with Gasteiger partial charge >= 0.3 is 31.7 Å². The summed E-state index contributed by atoms with van der Waals surface area (Å²) < 4.78 is 19.5. The van der Waals surface area contributed by atoms with Gasteiger partial charge in [0.1, 0.15) is 0 Å². The Morgan fingerprint density at radius 3 is 2.00 bits per heavy atom. The molecule has 1 unspecified atom stereocenters. The summed E-state index contributed by atoms with van der Waals surface area (Å²) in [5.41, 5.74) is 0.395. The van der Waals surface area contributed by atoms with Crippen LogP contribution >= 0.6 is 15.9 Å². The van der Waals surface area contributed by atoms with Gasteiger partial charge in [0, 0.05) is 27.3 Å². The summed E-state index contributed by atoms with van der Waals surface area (Å²) in [6.07, 6.45) is -0.470. The first kappa shape index (κ1) is 21.5. The van der Waals surface area contributed by atoms with Gasteiger partial charge in [0.05, 0.1) is 0 Å². The van der Waals surface area contributed by atoms with E-state index in [0.717, 1.165) is 15.7 Å². The molecule has 0 aromatic heterocycles. The molecule has 2 aromatic rings. The Labute approximate surface area is 186 Å². The third-order valence-electron chi connectivity index (χ3n) is 5.74. The van der Waals surface area contributed by atoms with E-state index in [2.05, 4.69) is 15.9 Å². The van der Waals surface area contributed by atoms with Gasteiger partial charge in [-0.3, -0.25) is 0 Å². The first-order valence-electron chi connectivity index (χ1n) is 9.02. The molecule has 2 aliphatic rings. The fourth-order valence-corrected chi connectivity index (χ4v) is 4.03. The SMILES string of the molecule is CC1(C)O[B-]2(OC(=O)N(c3ccccc3)C2c2ccc(Br)cc2)OC1(C)C.[Li+]. The normalized spacial score (nSPS) is 24.1. The minimum Gasteiger partial charge on any atom is -0.625 e. The van der Waals surface area contributed by atoms with Crippen LogP contribution in [-0.2, 0) is 14.0 Å². The summed E-state index contributed by atoms with van der Waals surface area (Å²) >= 11 is 3.47. The van der Waals surface area contributed by atoms with Crippen LogP contribution in [0.2, 0.25) is 0 Å². The van der Waals surface area contributed by atoms with Crippen molar-refractivity contribution >= 4 is 34.5 Å². The fourth-order valence-electron chi connectivity index (χ4n) is 3.76. The summed E-state index contributed by atoms with van der Waals surface area (Å²) in [6, 6.07) is 17.3. The maximum Gasteiger partial charge on any atom is 1.00 e. The predicted molar refractivity (Wildman–Crippen MR) is 108 cm³/mol. The Morgan fingerprint density at radius 1 is 0.929 bits per heavy atom. The predicted octanol–water partition coefficient (Wildman–Crippen LogP) is 2.23. The number of carbonyl (C=O) groups excluding carboxylic acids is 1. The van der Waals surface area contributed by atoms with Gasteiger partial charge < -0.3 is 18.9 Å². The smallest absolute Gasteiger partial charge is 0.625 e. The van der Waals surface area contributed by atoms with E-state index in [4.69, 9.17) is 14.0 Å². The number of halogens is 1. The number of carbonyl (C=O) groups is 1. The van der Waals surface area contributed by atoms with Gasteiger partial charge in [-0.1, -0.05) is 51.8 Å². The quantitative estimate of drug-likeness (QED) is 0.676. The molecule has 0 aliphatic carbocycles. The number of benzene rings is 2. The van der Waals surface area contributed by atoms with Gasteiger partial charge in [-0.25, -0.2) is 4.79 Å². The molecule has 1 spiro atoms. The van der Waals surface area contributed by atoms with Crippen molar-refractivity contribution in [3.8, 4) is 0 Å². The van der Waals surface area contributed by atoms with Crippen LogP contribution in [0.4, 0.5) is 10.5 Å². The maximum absolute atomic E-state index is 13.0. The zero-order chi connectivity index (χ0) is 19.4. The van der Waals surface area contributed by atoms with E-state index in [1.807, 2.05) is 82.3 Å². The van der Waals surface area contributed by atoms with E-state index in [9.17, 15) is 4.79 Å². The summed E-state index contributed by atoms with van der Waals surface area (Å²) in [5, 5.41) is 0. The molecule has 2 heterocycles. The number of amides is 1. The zero-order valence-electron chi connectivity index (χ0n) is 16.8. The molecule has 0 bridgehead atoms. The van der Waals surface area contributed by atoms with Crippen molar-refractivity contribution in [1.29, 1.82) is 0 Å². The van der Waals surface area contributed by atoms with Gasteiger partial charge in [0.2, 0.25) is 0 Å². The second kappa shape index (κ2) is 7.23. The Hall–Kier alpha value is -1.23. The van der Waals surface area contributed by atoms with Crippen LogP contribution in [0.3, 0.4) is 0 Å². The van der Waals surface area contributed by atoms with Crippen molar-refractivity contribution < 1.29 is 37.6 Å². The molecule has 8 heteroatoms. The first-order valence-corrected chi connectivity index (χ1v) is 9.82. The van der Waals surface area contributed by atoms with Gasteiger partial charge in [0.25, 0.3) is 0 Å². The maximum atomic E-state index is 13.0. The molecule has 0 N–H and O–H groups in total. The van der Waals surface area contributed by atoms with Crippen LogP contribution < -0.4 is 23.8 Å². The third-order valence-corrected chi connectivity index (χ3v) is 6.27. The molecule has 4 rings (SSSR count). The van der Waals surface area contributed by atoms with Crippen LogP contribution in [0.1, 0.15) is 39.2 Å². The van der Waals surface area contributed by atoms with E-state index in [1.165, 1.54) is 0 Å². The molecule has 2 fully saturated rings. The van der Waals surface area contributed by atoms with Gasteiger partial charge in [-0.2, -0.15) is 0 Å². The van der Waals surface area contributed by atoms with E-state index in [0.29, 0.717) is 0 Å². The molecular formula is C20H22BBrLiNO4. The molecule has 0 radical (unpaired) electrons. The third kappa shape index (κ3) is 3.34. The van der Waals surface area contributed by atoms with E-state index in [-0.39, 0.29) is 18.9 Å². The topological polar surface area (TPSA) is 48.0 Å². The monoisotopic (exact) mass is 437 g/mol. The first-order chi connectivity index (χ1) is 12.7. The summed E-state index contributed by atoms with van der Waals surface area (Å²) in [7, 11) is 0. The molecule has 0 saturated carbocycles. The molecule has 142 valence electrons. The molecule has 1 atom stereocenters. The number of anilines is 1. The molecule has 2 aliphatic heterocycles. The van der Waals surface area contributed by atoms with Crippen LogP contribution in [0, 0.1) is 0 Å². The second-order valence-electron chi connectivity index (χ2n) is 8.04. The summed E-state index contributed by atoms with van der Waals surface area (Å²) in [4.78, 5) is 14.6.